The number of anilines is 1. The molecule has 3 amide bonds. The first-order chi connectivity index (χ1) is 16.5. The van der Waals surface area contributed by atoms with E-state index in [2.05, 4.69) is 16.7 Å². The summed E-state index contributed by atoms with van der Waals surface area (Å²) in [6.07, 6.45) is 3.40. The first kappa shape index (κ1) is 23.4. The summed E-state index contributed by atoms with van der Waals surface area (Å²) in [5.41, 5.74) is 3.48. The fourth-order valence-electron chi connectivity index (χ4n) is 4.02. The number of rotatable bonds is 7. The molecule has 2 aromatic heterocycles. The number of benzene rings is 1. The third-order valence-corrected chi connectivity index (χ3v) is 7.09. The summed E-state index contributed by atoms with van der Waals surface area (Å²) in [6.45, 7) is 1.40. The molecule has 0 saturated carbocycles. The Bertz CT molecular complexity index is 1240. The lowest BCUT2D eigenvalue weighted by Crippen LogP contribution is -2.42. The molecule has 0 saturated heterocycles. The van der Waals surface area contributed by atoms with E-state index in [1.54, 1.807) is 12.0 Å². The molecule has 0 unspecified atom stereocenters. The number of nitriles is 1. The molecule has 0 bridgehead atoms. The average molecular weight is 478 g/mol. The van der Waals surface area contributed by atoms with E-state index >= 15 is 0 Å². The lowest BCUT2D eigenvalue weighted by Gasteiger charge is -2.27. The Morgan fingerprint density at radius 3 is 2.85 bits per heavy atom. The Hall–Kier alpha value is -3.77. The van der Waals surface area contributed by atoms with Crippen molar-refractivity contribution in [2.75, 3.05) is 19.0 Å². The largest absolute Gasteiger partial charge is 0.497 e. The first-order valence-electron chi connectivity index (χ1n) is 11.1. The topological polar surface area (TPSA) is 99.4 Å². The van der Waals surface area contributed by atoms with Crippen molar-refractivity contribution < 1.29 is 14.3 Å². The third kappa shape index (κ3) is 5.24. The van der Waals surface area contributed by atoms with Crippen molar-refractivity contribution in [2.45, 2.75) is 32.4 Å². The van der Waals surface area contributed by atoms with Crippen molar-refractivity contribution in [3.05, 3.63) is 69.9 Å². The van der Waals surface area contributed by atoms with Gasteiger partial charge in [0.1, 0.15) is 16.8 Å². The van der Waals surface area contributed by atoms with Crippen molar-refractivity contribution >= 4 is 28.3 Å². The molecular weight excluding hydrogens is 450 g/mol. The molecule has 0 spiro atoms. The zero-order valence-electron chi connectivity index (χ0n) is 19.3. The van der Waals surface area contributed by atoms with Crippen molar-refractivity contribution in [1.29, 1.82) is 5.26 Å². The van der Waals surface area contributed by atoms with Gasteiger partial charge in [-0.1, -0.05) is 12.1 Å². The highest BCUT2D eigenvalue weighted by molar-refractivity contribution is 7.16. The zero-order chi connectivity index (χ0) is 24.1. The van der Waals surface area contributed by atoms with E-state index in [0.29, 0.717) is 49.5 Å². The van der Waals surface area contributed by atoms with Crippen LogP contribution in [0.25, 0.3) is 0 Å². The van der Waals surface area contributed by atoms with Gasteiger partial charge in [-0.25, -0.2) is 4.79 Å². The van der Waals surface area contributed by atoms with Gasteiger partial charge in [0.25, 0.3) is 0 Å². The van der Waals surface area contributed by atoms with Crippen LogP contribution in [-0.4, -0.2) is 35.1 Å². The Labute approximate surface area is 202 Å². The summed E-state index contributed by atoms with van der Waals surface area (Å²) in [6, 6.07) is 13.7. The number of methoxy groups -OCH3 is 1. The predicted molar refractivity (Wildman–Crippen MR) is 131 cm³/mol. The van der Waals surface area contributed by atoms with Crippen LogP contribution in [0.1, 0.15) is 33.7 Å². The summed E-state index contributed by atoms with van der Waals surface area (Å²) in [7, 11) is 3.55. The van der Waals surface area contributed by atoms with Crippen LogP contribution in [0.3, 0.4) is 0 Å². The van der Waals surface area contributed by atoms with Crippen molar-refractivity contribution in [1.82, 2.24) is 14.8 Å². The second-order valence-corrected chi connectivity index (χ2v) is 9.27. The predicted octanol–water partition coefficient (Wildman–Crippen LogP) is 3.81. The fourth-order valence-corrected chi connectivity index (χ4v) is 5.25. The lowest BCUT2D eigenvalue weighted by molar-refractivity contribution is -0.116. The van der Waals surface area contributed by atoms with E-state index < -0.39 is 0 Å². The minimum Gasteiger partial charge on any atom is -0.497 e. The lowest BCUT2D eigenvalue weighted by atomic mass is 10.0. The van der Waals surface area contributed by atoms with Gasteiger partial charge in [0, 0.05) is 36.8 Å². The monoisotopic (exact) mass is 477 g/mol. The first-order valence-corrected chi connectivity index (χ1v) is 11.9. The van der Waals surface area contributed by atoms with Gasteiger partial charge in [-0.15, -0.1) is 11.3 Å². The van der Waals surface area contributed by atoms with Gasteiger partial charge in [-0.05, 0) is 48.2 Å². The average Bonchev–Trinajstić information content (AvgIpc) is 3.42. The second kappa shape index (κ2) is 10.4. The van der Waals surface area contributed by atoms with Gasteiger partial charge in [0.15, 0.2) is 0 Å². The molecular formula is C25H27N5O3S. The maximum Gasteiger partial charge on any atom is 0.318 e. The molecule has 3 heterocycles. The molecule has 8 nitrogen and oxygen atoms in total. The van der Waals surface area contributed by atoms with E-state index in [-0.39, 0.29) is 11.9 Å². The van der Waals surface area contributed by atoms with Crippen LogP contribution in [0, 0.1) is 11.3 Å². The Balaban J connectivity index is 1.37. The minimum absolute atomic E-state index is 0.136. The van der Waals surface area contributed by atoms with Crippen LogP contribution >= 0.6 is 11.3 Å². The van der Waals surface area contributed by atoms with Crippen LogP contribution < -0.4 is 15.4 Å². The smallest absolute Gasteiger partial charge is 0.318 e. The Kier molecular flexibility index (Phi) is 7.18. The number of urea groups is 1. The van der Waals surface area contributed by atoms with Crippen LogP contribution in [-0.2, 0) is 37.8 Å². The number of carbonyl (C=O) groups is 2. The van der Waals surface area contributed by atoms with E-state index in [0.717, 1.165) is 27.4 Å². The number of ether oxygens (including phenoxy) is 1. The SMILES string of the molecule is COc1cccc(CCC(=O)Nc2sc3c(c2C#N)CCN(C(=O)NCc2cccn2C)C3)c1. The van der Waals surface area contributed by atoms with Crippen molar-refractivity contribution in [2.24, 2.45) is 7.05 Å². The van der Waals surface area contributed by atoms with Crippen molar-refractivity contribution in [3.8, 4) is 11.8 Å². The number of hydrogen-bond donors (Lipinski definition) is 2. The second-order valence-electron chi connectivity index (χ2n) is 8.16. The van der Waals surface area contributed by atoms with Crippen LogP contribution in [0.15, 0.2) is 42.6 Å². The molecule has 2 N–H and O–H groups in total. The number of aryl methyl sites for hydroxylation is 2. The molecule has 3 aromatic rings. The number of thiophene rings is 1. The summed E-state index contributed by atoms with van der Waals surface area (Å²) in [5.74, 6) is 0.614. The van der Waals surface area contributed by atoms with E-state index in [1.807, 2.05) is 54.2 Å². The molecule has 0 atom stereocenters. The highest BCUT2D eigenvalue weighted by Gasteiger charge is 2.27. The molecule has 4 rings (SSSR count). The number of nitrogens with zero attached hydrogens (tertiary/aromatic N) is 3. The standard InChI is InChI=1S/C25H27N5O3S/c1-29-11-4-6-18(29)15-27-25(32)30-12-10-20-21(14-26)24(34-22(20)16-30)28-23(31)9-8-17-5-3-7-19(13-17)33-2/h3-7,11,13H,8-10,12,15-16H2,1-2H3,(H,27,32)(H,28,31). The summed E-state index contributed by atoms with van der Waals surface area (Å²) in [5, 5.41) is 16.2. The molecule has 176 valence electrons. The summed E-state index contributed by atoms with van der Waals surface area (Å²) >= 11 is 1.38. The van der Waals surface area contributed by atoms with Gasteiger partial charge < -0.3 is 24.8 Å². The molecule has 0 fully saturated rings. The minimum atomic E-state index is -0.143. The van der Waals surface area contributed by atoms with Crippen LogP contribution in [0.5, 0.6) is 5.75 Å². The maximum atomic E-state index is 12.7. The summed E-state index contributed by atoms with van der Waals surface area (Å²) < 4.78 is 7.20. The van der Waals surface area contributed by atoms with Gasteiger partial charge in [0.05, 0.1) is 25.8 Å². The molecule has 9 heteroatoms. The molecule has 1 aliphatic rings. The van der Waals surface area contributed by atoms with E-state index in [9.17, 15) is 14.9 Å². The maximum absolute atomic E-state index is 12.7. The number of aromatic nitrogens is 1. The molecule has 0 aliphatic carbocycles. The number of amides is 3. The normalized spacial score (nSPS) is 12.6. The Morgan fingerprint density at radius 1 is 1.26 bits per heavy atom. The zero-order valence-corrected chi connectivity index (χ0v) is 20.1. The number of carbonyl (C=O) groups excluding carboxylic acids is 2. The van der Waals surface area contributed by atoms with Crippen molar-refractivity contribution in [3.63, 3.8) is 0 Å². The van der Waals surface area contributed by atoms with E-state index in [4.69, 9.17) is 4.74 Å². The molecule has 34 heavy (non-hydrogen) atoms. The number of hydrogen-bond acceptors (Lipinski definition) is 5. The molecule has 0 radical (unpaired) electrons. The Morgan fingerprint density at radius 2 is 2.12 bits per heavy atom. The number of nitrogens with one attached hydrogen (secondary N) is 2. The summed E-state index contributed by atoms with van der Waals surface area (Å²) in [4.78, 5) is 28.0. The van der Waals surface area contributed by atoms with Gasteiger partial charge in [-0.2, -0.15) is 5.26 Å². The third-order valence-electron chi connectivity index (χ3n) is 5.96. The highest BCUT2D eigenvalue weighted by atomic mass is 32.1. The van der Waals surface area contributed by atoms with Gasteiger partial charge in [0.2, 0.25) is 5.91 Å². The number of fused-ring (bicyclic) bond motifs is 1. The van der Waals surface area contributed by atoms with Crippen LogP contribution in [0.2, 0.25) is 0 Å². The van der Waals surface area contributed by atoms with E-state index in [1.165, 1.54) is 11.3 Å². The molecule has 1 aliphatic heterocycles. The quantitative estimate of drug-likeness (QED) is 0.541. The van der Waals surface area contributed by atoms with Crippen LogP contribution in [0.4, 0.5) is 9.80 Å². The molecule has 1 aromatic carbocycles. The highest BCUT2D eigenvalue weighted by Crippen LogP contribution is 2.36. The van der Waals surface area contributed by atoms with Gasteiger partial charge >= 0.3 is 6.03 Å². The fraction of sp³-hybridized carbons (Fsp3) is 0.320. The van der Waals surface area contributed by atoms with Gasteiger partial charge in [-0.3, -0.25) is 4.79 Å².